The van der Waals surface area contributed by atoms with Gasteiger partial charge in [-0.15, -0.1) is 0 Å². The van der Waals surface area contributed by atoms with E-state index < -0.39 is 15.9 Å². The van der Waals surface area contributed by atoms with Gasteiger partial charge in [-0.25, -0.2) is 12.8 Å². The van der Waals surface area contributed by atoms with E-state index in [0.717, 1.165) is 11.1 Å². The van der Waals surface area contributed by atoms with E-state index in [1.54, 1.807) is 41.2 Å². The van der Waals surface area contributed by atoms with E-state index in [1.165, 1.54) is 12.1 Å². The largest absolute Gasteiger partial charge is 0.333 e. The number of sulfone groups is 1. The first-order valence-electron chi connectivity index (χ1n) is 8.59. The van der Waals surface area contributed by atoms with Crippen LogP contribution in [0.5, 0.6) is 0 Å². The predicted molar refractivity (Wildman–Crippen MR) is 93.6 cm³/mol. The number of hydrogen-bond donors (Lipinski definition) is 0. The highest BCUT2D eigenvalue weighted by Crippen LogP contribution is 2.49. The standard InChI is InChI=1S/C18H20FN3O3S/c1-21-10-13(9-20-21)17-11-26(24,25)7-6-22(17)18(23)16-8-15(16)12-2-4-14(19)5-3-12/h2-5,9-10,15-17H,6-8,11H2,1H3/t15-,16+,17-/m0/s1. The number of benzene rings is 1. The highest BCUT2D eigenvalue weighted by Gasteiger charge is 2.48. The number of carbonyl (C=O) groups is 1. The van der Waals surface area contributed by atoms with E-state index in [0.29, 0.717) is 6.42 Å². The van der Waals surface area contributed by atoms with Gasteiger partial charge in [-0.05, 0) is 30.0 Å². The molecular weight excluding hydrogens is 357 g/mol. The van der Waals surface area contributed by atoms with Crippen LogP contribution in [0.4, 0.5) is 4.39 Å². The molecule has 0 bridgehead atoms. The number of aromatic nitrogens is 2. The third-order valence-electron chi connectivity index (χ3n) is 5.23. The zero-order valence-electron chi connectivity index (χ0n) is 14.4. The fraction of sp³-hybridized carbons (Fsp3) is 0.444. The second kappa shape index (κ2) is 6.19. The predicted octanol–water partition coefficient (Wildman–Crippen LogP) is 1.66. The highest BCUT2D eigenvalue weighted by atomic mass is 32.2. The van der Waals surface area contributed by atoms with Gasteiger partial charge in [-0.3, -0.25) is 9.48 Å². The van der Waals surface area contributed by atoms with Crippen molar-refractivity contribution in [3.8, 4) is 0 Å². The summed E-state index contributed by atoms with van der Waals surface area (Å²) >= 11 is 0. The number of halogens is 1. The molecule has 1 aliphatic carbocycles. The Balaban J connectivity index is 1.55. The van der Waals surface area contributed by atoms with E-state index in [-0.39, 0.29) is 41.6 Å². The van der Waals surface area contributed by atoms with Crippen molar-refractivity contribution in [1.29, 1.82) is 0 Å². The Labute approximate surface area is 151 Å². The molecule has 1 aromatic heterocycles. The molecular formula is C18H20FN3O3S. The fourth-order valence-corrected chi connectivity index (χ4v) is 5.21. The summed E-state index contributed by atoms with van der Waals surface area (Å²) in [5, 5.41) is 4.11. The first-order chi connectivity index (χ1) is 12.3. The van der Waals surface area contributed by atoms with Gasteiger partial charge in [0.15, 0.2) is 9.84 Å². The van der Waals surface area contributed by atoms with E-state index in [2.05, 4.69) is 5.10 Å². The Morgan fingerprint density at radius 1 is 1.23 bits per heavy atom. The van der Waals surface area contributed by atoms with Crippen molar-refractivity contribution in [2.24, 2.45) is 13.0 Å². The minimum atomic E-state index is -3.19. The summed E-state index contributed by atoms with van der Waals surface area (Å²) in [5.74, 6) is -0.489. The first-order valence-corrected chi connectivity index (χ1v) is 10.4. The molecule has 138 valence electrons. The smallest absolute Gasteiger partial charge is 0.226 e. The zero-order valence-corrected chi connectivity index (χ0v) is 15.2. The molecule has 0 radical (unpaired) electrons. The van der Waals surface area contributed by atoms with E-state index in [9.17, 15) is 17.6 Å². The molecule has 0 unspecified atom stereocenters. The highest BCUT2D eigenvalue weighted by molar-refractivity contribution is 7.91. The molecule has 6 nitrogen and oxygen atoms in total. The average Bonchev–Trinajstić information content (AvgIpc) is 3.28. The van der Waals surface area contributed by atoms with Gasteiger partial charge in [-0.1, -0.05) is 12.1 Å². The lowest BCUT2D eigenvalue weighted by Gasteiger charge is -2.35. The van der Waals surface area contributed by atoms with Crippen LogP contribution in [0.1, 0.15) is 29.5 Å². The van der Waals surface area contributed by atoms with E-state index in [4.69, 9.17) is 0 Å². The van der Waals surface area contributed by atoms with E-state index in [1.807, 2.05) is 0 Å². The molecule has 2 aromatic rings. The van der Waals surface area contributed by atoms with Crippen LogP contribution in [0.2, 0.25) is 0 Å². The van der Waals surface area contributed by atoms with Crippen LogP contribution >= 0.6 is 0 Å². The Bertz CT molecular complexity index is 939. The van der Waals surface area contributed by atoms with Crippen molar-refractivity contribution in [3.63, 3.8) is 0 Å². The molecule has 0 spiro atoms. The van der Waals surface area contributed by atoms with E-state index >= 15 is 0 Å². The molecule has 2 fully saturated rings. The maximum Gasteiger partial charge on any atom is 0.226 e. The third kappa shape index (κ3) is 3.25. The van der Waals surface area contributed by atoms with Crippen LogP contribution in [0.15, 0.2) is 36.7 Å². The van der Waals surface area contributed by atoms with Crippen molar-refractivity contribution in [1.82, 2.24) is 14.7 Å². The van der Waals surface area contributed by atoms with Gasteiger partial charge >= 0.3 is 0 Å². The maximum absolute atomic E-state index is 13.1. The molecule has 2 aliphatic rings. The van der Waals surface area contributed by atoms with Gasteiger partial charge in [0.25, 0.3) is 0 Å². The molecule has 1 saturated carbocycles. The number of nitrogens with zero attached hydrogens (tertiary/aromatic N) is 3. The van der Waals surface area contributed by atoms with Crippen LogP contribution in [0.3, 0.4) is 0 Å². The lowest BCUT2D eigenvalue weighted by atomic mass is 10.1. The summed E-state index contributed by atoms with van der Waals surface area (Å²) < 4.78 is 38.9. The van der Waals surface area contributed by atoms with Crippen molar-refractivity contribution in [2.75, 3.05) is 18.1 Å². The number of carbonyl (C=O) groups excluding carboxylic acids is 1. The molecule has 0 N–H and O–H groups in total. The molecule has 1 aromatic carbocycles. The molecule has 2 heterocycles. The normalized spacial score (nSPS) is 27.3. The molecule has 1 aliphatic heterocycles. The van der Waals surface area contributed by atoms with Crippen molar-refractivity contribution >= 4 is 15.7 Å². The first kappa shape index (κ1) is 17.2. The summed E-state index contributed by atoms with van der Waals surface area (Å²) in [5.41, 5.74) is 1.69. The number of hydrogen-bond acceptors (Lipinski definition) is 4. The molecule has 1 amide bonds. The summed E-state index contributed by atoms with van der Waals surface area (Å²) in [6.07, 6.45) is 4.10. The third-order valence-corrected chi connectivity index (χ3v) is 6.86. The van der Waals surface area contributed by atoms with Gasteiger partial charge in [0.2, 0.25) is 5.91 Å². The quantitative estimate of drug-likeness (QED) is 0.816. The van der Waals surface area contributed by atoms with Gasteiger partial charge in [0, 0.05) is 31.3 Å². The number of amides is 1. The van der Waals surface area contributed by atoms with Crippen LogP contribution in [-0.4, -0.2) is 47.1 Å². The number of aryl methyl sites for hydroxylation is 1. The van der Waals surface area contributed by atoms with Crippen LogP contribution in [-0.2, 0) is 21.7 Å². The van der Waals surface area contributed by atoms with Crippen molar-refractivity contribution < 1.29 is 17.6 Å². The summed E-state index contributed by atoms with van der Waals surface area (Å²) in [6, 6.07) is 5.74. The van der Waals surface area contributed by atoms with Gasteiger partial charge < -0.3 is 4.90 Å². The summed E-state index contributed by atoms with van der Waals surface area (Å²) in [6.45, 7) is 0.202. The molecule has 4 rings (SSSR count). The summed E-state index contributed by atoms with van der Waals surface area (Å²) in [7, 11) is -1.42. The molecule has 26 heavy (non-hydrogen) atoms. The Morgan fingerprint density at radius 2 is 1.96 bits per heavy atom. The minimum Gasteiger partial charge on any atom is -0.333 e. The Morgan fingerprint density at radius 3 is 2.62 bits per heavy atom. The van der Waals surface area contributed by atoms with Gasteiger partial charge in [0.05, 0.1) is 23.7 Å². The monoisotopic (exact) mass is 377 g/mol. The topological polar surface area (TPSA) is 72.3 Å². The number of rotatable bonds is 3. The Hall–Kier alpha value is -2.22. The van der Waals surface area contributed by atoms with Crippen LogP contribution in [0.25, 0.3) is 0 Å². The Kier molecular flexibility index (Phi) is 4.10. The minimum absolute atomic E-state index is 0.0105. The second-order valence-electron chi connectivity index (χ2n) is 7.11. The lowest BCUT2D eigenvalue weighted by molar-refractivity contribution is -0.134. The van der Waals surface area contributed by atoms with Gasteiger partial charge in [-0.2, -0.15) is 5.10 Å². The zero-order chi connectivity index (χ0) is 18.5. The van der Waals surface area contributed by atoms with Crippen LogP contribution in [0, 0.1) is 11.7 Å². The SMILES string of the molecule is Cn1cc([C@@H]2CS(=O)(=O)CCN2C(=O)[C@@H]2C[C@H]2c2ccc(F)cc2)cn1. The molecule has 8 heteroatoms. The fourth-order valence-electron chi connectivity index (χ4n) is 3.72. The van der Waals surface area contributed by atoms with Gasteiger partial charge in [0.1, 0.15) is 5.82 Å². The summed E-state index contributed by atoms with van der Waals surface area (Å²) in [4.78, 5) is 14.7. The molecule has 1 saturated heterocycles. The van der Waals surface area contributed by atoms with Crippen molar-refractivity contribution in [3.05, 3.63) is 53.6 Å². The maximum atomic E-state index is 13.1. The molecule has 3 atom stereocenters. The van der Waals surface area contributed by atoms with Crippen LogP contribution < -0.4 is 0 Å². The average molecular weight is 377 g/mol. The van der Waals surface area contributed by atoms with Crippen molar-refractivity contribution in [2.45, 2.75) is 18.4 Å². The lowest BCUT2D eigenvalue weighted by Crippen LogP contribution is -2.46. The second-order valence-corrected chi connectivity index (χ2v) is 9.34.